The van der Waals surface area contributed by atoms with Gasteiger partial charge in [-0.2, -0.15) is 13.2 Å². The number of carbonyl (C=O) groups is 2. The van der Waals surface area contributed by atoms with Crippen molar-refractivity contribution < 1.29 is 22.8 Å². The maximum absolute atomic E-state index is 12.8. The molecule has 1 aromatic rings. The van der Waals surface area contributed by atoms with Crippen LogP contribution in [0.4, 0.5) is 18.9 Å². The van der Waals surface area contributed by atoms with Crippen LogP contribution in [0.15, 0.2) is 29.3 Å². The minimum atomic E-state index is -4.41. The molecule has 1 N–H and O–H groups in total. The number of ketones is 2. The van der Waals surface area contributed by atoms with Crippen molar-refractivity contribution in [1.82, 2.24) is 0 Å². The Labute approximate surface area is 138 Å². The first kappa shape index (κ1) is 18.2. The Morgan fingerprint density at radius 1 is 1.12 bits per heavy atom. The smallest absolute Gasteiger partial charge is 0.384 e. The molecular weight excluding hydrogens is 319 g/mol. The molecule has 0 bridgehead atoms. The summed E-state index contributed by atoms with van der Waals surface area (Å²) < 4.78 is 38.5. The van der Waals surface area contributed by atoms with E-state index in [1.54, 1.807) is 20.8 Å². The van der Waals surface area contributed by atoms with Crippen LogP contribution in [0.5, 0.6) is 0 Å². The fourth-order valence-electron chi connectivity index (χ4n) is 2.74. The topological polar surface area (TPSA) is 46.2 Å². The molecule has 3 nitrogen and oxygen atoms in total. The van der Waals surface area contributed by atoms with Crippen LogP contribution < -0.4 is 5.32 Å². The SMILES string of the molecule is CC1=C(C)C(=O)C(CNc2cc(C(F)(F)F)ccc2C)CCC1=O. The van der Waals surface area contributed by atoms with Gasteiger partial charge in [-0.3, -0.25) is 9.59 Å². The van der Waals surface area contributed by atoms with E-state index in [1.165, 1.54) is 6.07 Å². The van der Waals surface area contributed by atoms with Gasteiger partial charge in [0.1, 0.15) is 0 Å². The summed E-state index contributed by atoms with van der Waals surface area (Å²) in [6, 6.07) is 3.49. The summed E-state index contributed by atoms with van der Waals surface area (Å²) in [7, 11) is 0. The molecule has 0 heterocycles. The minimum Gasteiger partial charge on any atom is -0.384 e. The Hall–Kier alpha value is -2.11. The van der Waals surface area contributed by atoms with Gasteiger partial charge in [-0.1, -0.05) is 6.07 Å². The van der Waals surface area contributed by atoms with Gasteiger partial charge in [0.2, 0.25) is 0 Å². The minimum absolute atomic E-state index is 0.0430. The number of carbonyl (C=O) groups excluding carboxylic acids is 2. The van der Waals surface area contributed by atoms with E-state index in [4.69, 9.17) is 0 Å². The molecule has 2 rings (SSSR count). The molecule has 1 aliphatic carbocycles. The van der Waals surface area contributed by atoms with Crippen molar-refractivity contribution in [3.63, 3.8) is 0 Å². The molecule has 24 heavy (non-hydrogen) atoms. The Bertz CT molecular complexity index is 705. The second-order valence-electron chi connectivity index (χ2n) is 6.18. The Morgan fingerprint density at radius 3 is 2.42 bits per heavy atom. The number of Topliss-reactive ketones (excluding diaryl/α,β-unsaturated/α-hetero) is 2. The molecular formula is C18H20F3NO2. The lowest BCUT2D eigenvalue weighted by atomic mass is 9.95. The Morgan fingerprint density at radius 2 is 1.79 bits per heavy atom. The second-order valence-corrected chi connectivity index (χ2v) is 6.18. The van der Waals surface area contributed by atoms with Gasteiger partial charge in [0.15, 0.2) is 11.6 Å². The molecule has 1 unspecified atom stereocenters. The normalized spacial score (nSPS) is 19.5. The highest BCUT2D eigenvalue weighted by atomic mass is 19.4. The number of hydrogen-bond donors (Lipinski definition) is 1. The van der Waals surface area contributed by atoms with Crippen LogP contribution in [0.3, 0.4) is 0 Å². The Balaban J connectivity index is 2.16. The lowest BCUT2D eigenvalue weighted by Gasteiger charge is -2.18. The molecule has 0 amide bonds. The van der Waals surface area contributed by atoms with Gasteiger partial charge in [0.25, 0.3) is 0 Å². The number of anilines is 1. The van der Waals surface area contributed by atoms with E-state index in [0.717, 1.165) is 12.1 Å². The molecule has 1 aliphatic rings. The van der Waals surface area contributed by atoms with E-state index in [0.29, 0.717) is 28.8 Å². The first-order valence-corrected chi connectivity index (χ1v) is 7.78. The second kappa shape index (κ2) is 6.79. The van der Waals surface area contributed by atoms with Crippen molar-refractivity contribution >= 4 is 17.3 Å². The van der Waals surface area contributed by atoms with Crippen molar-refractivity contribution in [3.8, 4) is 0 Å². The zero-order chi connectivity index (χ0) is 18.1. The Kier molecular flexibility index (Phi) is 5.16. The van der Waals surface area contributed by atoms with Crippen molar-refractivity contribution in [2.75, 3.05) is 11.9 Å². The number of nitrogens with one attached hydrogen (secondary N) is 1. The van der Waals surface area contributed by atoms with E-state index in [9.17, 15) is 22.8 Å². The standard InChI is InChI=1S/C18H20F3NO2/c1-10-4-6-14(18(19,20)21)8-15(10)22-9-13-5-7-16(23)11(2)12(3)17(13)24/h4,6,8,13,22H,5,7,9H2,1-3H3. The van der Waals surface area contributed by atoms with Crippen LogP contribution >= 0.6 is 0 Å². The third-order valence-corrected chi connectivity index (χ3v) is 4.54. The largest absolute Gasteiger partial charge is 0.416 e. The number of hydrogen-bond acceptors (Lipinski definition) is 3. The van der Waals surface area contributed by atoms with Crippen LogP contribution in [-0.4, -0.2) is 18.1 Å². The van der Waals surface area contributed by atoms with Gasteiger partial charge >= 0.3 is 6.18 Å². The molecule has 130 valence electrons. The van der Waals surface area contributed by atoms with Crippen LogP contribution in [-0.2, 0) is 15.8 Å². The molecule has 0 saturated heterocycles. The average molecular weight is 339 g/mol. The van der Waals surface area contributed by atoms with Gasteiger partial charge in [-0.05, 0) is 56.0 Å². The predicted molar refractivity (Wildman–Crippen MR) is 85.8 cm³/mol. The van der Waals surface area contributed by atoms with Crippen LogP contribution in [0, 0.1) is 12.8 Å². The van der Waals surface area contributed by atoms with E-state index < -0.39 is 17.7 Å². The maximum atomic E-state index is 12.8. The van der Waals surface area contributed by atoms with E-state index in [1.807, 2.05) is 0 Å². The van der Waals surface area contributed by atoms with Crippen LogP contribution in [0.2, 0.25) is 0 Å². The molecule has 1 atom stereocenters. The van der Waals surface area contributed by atoms with Crippen molar-refractivity contribution in [3.05, 3.63) is 40.5 Å². The highest BCUT2D eigenvalue weighted by Gasteiger charge is 2.31. The van der Waals surface area contributed by atoms with Gasteiger partial charge in [-0.25, -0.2) is 0 Å². The van der Waals surface area contributed by atoms with Crippen LogP contribution in [0.25, 0.3) is 0 Å². The predicted octanol–water partition coefficient (Wildman–Crippen LogP) is 4.31. The average Bonchev–Trinajstić information content (AvgIpc) is 2.60. The van der Waals surface area contributed by atoms with Crippen molar-refractivity contribution in [2.45, 2.75) is 39.8 Å². The molecule has 6 heteroatoms. The van der Waals surface area contributed by atoms with E-state index in [2.05, 4.69) is 5.32 Å². The summed E-state index contributed by atoms with van der Waals surface area (Å²) in [4.78, 5) is 24.2. The number of alkyl halides is 3. The summed E-state index contributed by atoms with van der Waals surface area (Å²) >= 11 is 0. The van der Waals surface area contributed by atoms with Gasteiger partial charge in [0, 0.05) is 24.6 Å². The summed E-state index contributed by atoms with van der Waals surface area (Å²) in [5.41, 5.74) is 1.22. The first-order valence-electron chi connectivity index (χ1n) is 7.78. The van der Waals surface area contributed by atoms with E-state index >= 15 is 0 Å². The fraction of sp³-hybridized carbons (Fsp3) is 0.444. The molecule has 1 aromatic carbocycles. The lowest BCUT2D eigenvalue weighted by molar-refractivity contribution is -0.137. The first-order chi connectivity index (χ1) is 11.1. The third-order valence-electron chi connectivity index (χ3n) is 4.54. The molecule has 0 spiro atoms. The molecule has 0 saturated carbocycles. The third kappa shape index (κ3) is 3.86. The molecule has 0 fully saturated rings. The van der Waals surface area contributed by atoms with Gasteiger partial charge < -0.3 is 5.32 Å². The quantitative estimate of drug-likeness (QED) is 0.892. The number of allylic oxidation sites excluding steroid dienone is 2. The number of aryl methyl sites for hydroxylation is 1. The highest BCUT2D eigenvalue weighted by molar-refractivity contribution is 6.08. The van der Waals surface area contributed by atoms with Gasteiger partial charge in [-0.15, -0.1) is 0 Å². The molecule has 0 aromatic heterocycles. The monoisotopic (exact) mass is 339 g/mol. The summed E-state index contributed by atoms with van der Waals surface area (Å²) in [5, 5.41) is 2.95. The zero-order valence-electron chi connectivity index (χ0n) is 13.9. The van der Waals surface area contributed by atoms with Crippen molar-refractivity contribution in [1.29, 1.82) is 0 Å². The molecule has 0 aliphatic heterocycles. The summed E-state index contributed by atoms with van der Waals surface area (Å²) in [5.74, 6) is -0.575. The van der Waals surface area contributed by atoms with Crippen molar-refractivity contribution in [2.24, 2.45) is 5.92 Å². The number of benzene rings is 1. The van der Waals surface area contributed by atoms with E-state index in [-0.39, 0.29) is 24.5 Å². The summed E-state index contributed by atoms with van der Waals surface area (Å²) in [6.07, 6.45) is -3.73. The maximum Gasteiger partial charge on any atom is 0.416 e. The zero-order valence-corrected chi connectivity index (χ0v) is 13.9. The highest BCUT2D eigenvalue weighted by Crippen LogP contribution is 2.32. The lowest BCUT2D eigenvalue weighted by Crippen LogP contribution is -2.23. The summed E-state index contributed by atoms with van der Waals surface area (Å²) in [6.45, 7) is 5.18. The number of rotatable bonds is 3. The fourth-order valence-corrected chi connectivity index (χ4v) is 2.74. The van der Waals surface area contributed by atoms with Gasteiger partial charge in [0.05, 0.1) is 5.56 Å². The molecule has 0 radical (unpaired) electrons. The number of halogens is 3. The van der Waals surface area contributed by atoms with Crippen LogP contribution in [0.1, 0.15) is 37.8 Å².